The van der Waals surface area contributed by atoms with Crippen LogP contribution in [-0.4, -0.2) is 30.3 Å². The van der Waals surface area contributed by atoms with Crippen molar-refractivity contribution in [1.82, 2.24) is 10.6 Å². The maximum absolute atomic E-state index is 10.4. The lowest BCUT2D eigenvalue weighted by atomic mass is 10.1. The summed E-state index contributed by atoms with van der Waals surface area (Å²) in [6.45, 7) is 3.27. The summed E-state index contributed by atoms with van der Waals surface area (Å²) >= 11 is 0. The van der Waals surface area contributed by atoms with Crippen LogP contribution < -0.4 is 16.4 Å². The van der Waals surface area contributed by atoms with Gasteiger partial charge in [0.15, 0.2) is 0 Å². The lowest BCUT2D eigenvalue weighted by molar-refractivity contribution is 0.249. The van der Waals surface area contributed by atoms with E-state index in [1.165, 1.54) is 0 Å². The number of benzene rings is 1. The van der Waals surface area contributed by atoms with Crippen molar-refractivity contribution in [3.63, 3.8) is 0 Å². The molecule has 2 amide bonds. The minimum absolute atomic E-state index is 0.278. The average molecular weight is 237 g/mol. The molecule has 0 aromatic heterocycles. The zero-order chi connectivity index (χ0) is 12.7. The fourth-order valence-corrected chi connectivity index (χ4v) is 1.56. The minimum atomic E-state index is -0.502. The first-order valence-corrected chi connectivity index (χ1v) is 5.62. The van der Waals surface area contributed by atoms with Crippen LogP contribution in [0.5, 0.6) is 5.75 Å². The van der Waals surface area contributed by atoms with Crippen molar-refractivity contribution in [1.29, 1.82) is 0 Å². The largest absolute Gasteiger partial charge is 0.508 e. The molecule has 0 saturated heterocycles. The van der Waals surface area contributed by atoms with E-state index in [0.717, 1.165) is 12.0 Å². The van der Waals surface area contributed by atoms with Gasteiger partial charge in [-0.1, -0.05) is 12.1 Å². The van der Waals surface area contributed by atoms with Gasteiger partial charge in [-0.2, -0.15) is 0 Å². The van der Waals surface area contributed by atoms with Gasteiger partial charge in [0, 0.05) is 19.1 Å². The molecule has 17 heavy (non-hydrogen) atoms. The van der Waals surface area contributed by atoms with E-state index in [2.05, 4.69) is 17.6 Å². The zero-order valence-electron chi connectivity index (χ0n) is 9.94. The summed E-state index contributed by atoms with van der Waals surface area (Å²) in [4.78, 5) is 10.4. The van der Waals surface area contributed by atoms with Gasteiger partial charge in [-0.05, 0) is 31.0 Å². The van der Waals surface area contributed by atoms with Gasteiger partial charge in [0.2, 0.25) is 0 Å². The first-order chi connectivity index (χ1) is 8.08. The van der Waals surface area contributed by atoms with Crippen LogP contribution in [0.2, 0.25) is 0 Å². The van der Waals surface area contributed by atoms with Crippen LogP contribution in [0.15, 0.2) is 24.3 Å². The van der Waals surface area contributed by atoms with Gasteiger partial charge in [0.25, 0.3) is 0 Å². The topological polar surface area (TPSA) is 87.4 Å². The van der Waals surface area contributed by atoms with Crippen molar-refractivity contribution in [2.24, 2.45) is 5.73 Å². The summed E-state index contributed by atoms with van der Waals surface area (Å²) in [6.07, 6.45) is 0.872. The number of carbonyl (C=O) groups excluding carboxylic acids is 1. The first kappa shape index (κ1) is 13.3. The number of hydrogen-bond acceptors (Lipinski definition) is 3. The molecule has 5 heteroatoms. The maximum atomic E-state index is 10.4. The summed E-state index contributed by atoms with van der Waals surface area (Å²) < 4.78 is 0. The number of nitrogens with one attached hydrogen (secondary N) is 2. The summed E-state index contributed by atoms with van der Waals surface area (Å²) in [6, 6.07) is 6.95. The highest BCUT2D eigenvalue weighted by Crippen LogP contribution is 2.10. The molecule has 1 aromatic rings. The Morgan fingerprint density at radius 1 is 1.35 bits per heavy atom. The van der Waals surface area contributed by atoms with Crippen LogP contribution in [0.25, 0.3) is 0 Å². The molecule has 0 aliphatic rings. The number of rotatable bonds is 6. The molecule has 5 N–H and O–H groups in total. The van der Waals surface area contributed by atoms with Crippen molar-refractivity contribution in [3.8, 4) is 5.75 Å². The van der Waals surface area contributed by atoms with E-state index in [9.17, 15) is 4.79 Å². The van der Waals surface area contributed by atoms with Crippen LogP contribution in [-0.2, 0) is 6.42 Å². The van der Waals surface area contributed by atoms with Gasteiger partial charge in [0.05, 0.1) is 0 Å². The molecule has 1 unspecified atom stereocenters. The molecule has 0 aliphatic carbocycles. The van der Waals surface area contributed by atoms with E-state index in [0.29, 0.717) is 19.1 Å². The van der Waals surface area contributed by atoms with Gasteiger partial charge >= 0.3 is 6.03 Å². The highest BCUT2D eigenvalue weighted by atomic mass is 16.3. The number of nitrogens with two attached hydrogens (primary N) is 1. The minimum Gasteiger partial charge on any atom is -0.508 e. The quantitative estimate of drug-likeness (QED) is 0.546. The van der Waals surface area contributed by atoms with Gasteiger partial charge in [-0.25, -0.2) is 4.79 Å². The Morgan fingerprint density at radius 3 is 2.59 bits per heavy atom. The predicted molar refractivity (Wildman–Crippen MR) is 66.9 cm³/mol. The molecule has 0 bridgehead atoms. The Labute approximate surface area is 101 Å². The summed E-state index contributed by atoms with van der Waals surface area (Å²) in [5, 5.41) is 14.9. The second kappa shape index (κ2) is 6.75. The van der Waals surface area contributed by atoms with E-state index in [-0.39, 0.29) is 5.75 Å². The number of phenols is 1. The molecular formula is C12H19N3O2. The summed E-state index contributed by atoms with van der Waals surface area (Å²) in [5.74, 6) is 0.278. The number of primary amides is 1. The summed E-state index contributed by atoms with van der Waals surface area (Å²) in [5.41, 5.74) is 6.10. The Hall–Kier alpha value is -1.75. The van der Waals surface area contributed by atoms with Gasteiger partial charge in [-0.15, -0.1) is 0 Å². The molecule has 0 fully saturated rings. The van der Waals surface area contributed by atoms with E-state index in [4.69, 9.17) is 10.8 Å². The van der Waals surface area contributed by atoms with Crippen LogP contribution in [0.1, 0.15) is 12.5 Å². The van der Waals surface area contributed by atoms with E-state index in [1.807, 2.05) is 12.1 Å². The molecular weight excluding hydrogens is 218 g/mol. The molecule has 0 heterocycles. The zero-order valence-corrected chi connectivity index (χ0v) is 9.94. The van der Waals surface area contributed by atoms with Crippen LogP contribution in [0.3, 0.4) is 0 Å². The third-order valence-corrected chi connectivity index (χ3v) is 2.40. The molecule has 94 valence electrons. The first-order valence-electron chi connectivity index (χ1n) is 5.62. The smallest absolute Gasteiger partial charge is 0.312 e. The normalized spacial score (nSPS) is 12.1. The van der Waals surface area contributed by atoms with Crippen molar-refractivity contribution >= 4 is 6.03 Å². The standard InChI is InChI=1S/C12H19N3O2/c1-9(14-6-7-15-12(13)17)8-10-2-4-11(16)5-3-10/h2-5,9,14,16H,6-8H2,1H3,(H3,13,15,17). The Morgan fingerprint density at radius 2 is 2.00 bits per heavy atom. The SMILES string of the molecule is CC(Cc1ccc(O)cc1)NCCNC(N)=O. The summed E-state index contributed by atoms with van der Waals surface area (Å²) in [7, 11) is 0. The fraction of sp³-hybridized carbons (Fsp3) is 0.417. The molecule has 0 spiro atoms. The third-order valence-electron chi connectivity index (χ3n) is 2.40. The van der Waals surface area contributed by atoms with Gasteiger partial charge in [0.1, 0.15) is 5.75 Å². The highest BCUT2D eigenvalue weighted by Gasteiger charge is 2.02. The van der Waals surface area contributed by atoms with Crippen molar-refractivity contribution in [3.05, 3.63) is 29.8 Å². The van der Waals surface area contributed by atoms with E-state index < -0.39 is 6.03 Å². The van der Waals surface area contributed by atoms with Crippen LogP contribution >= 0.6 is 0 Å². The van der Waals surface area contributed by atoms with Crippen molar-refractivity contribution in [2.45, 2.75) is 19.4 Å². The molecule has 5 nitrogen and oxygen atoms in total. The Bertz CT molecular complexity index is 351. The molecule has 1 aromatic carbocycles. The predicted octanol–water partition coefficient (Wildman–Crippen LogP) is 0.581. The highest BCUT2D eigenvalue weighted by molar-refractivity contribution is 5.71. The number of amides is 2. The molecule has 0 saturated carbocycles. The number of aromatic hydroxyl groups is 1. The number of hydrogen-bond donors (Lipinski definition) is 4. The van der Waals surface area contributed by atoms with Crippen molar-refractivity contribution < 1.29 is 9.90 Å². The molecule has 0 aliphatic heterocycles. The number of carbonyl (C=O) groups is 1. The van der Waals surface area contributed by atoms with Crippen molar-refractivity contribution in [2.75, 3.05) is 13.1 Å². The number of phenolic OH excluding ortho intramolecular Hbond substituents is 1. The molecule has 1 atom stereocenters. The lowest BCUT2D eigenvalue weighted by Crippen LogP contribution is -2.38. The fourth-order valence-electron chi connectivity index (χ4n) is 1.56. The monoisotopic (exact) mass is 237 g/mol. The van der Waals surface area contributed by atoms with Crippen LogP contribution in [0.4, 0.5) is 4.79 Å². The van der Waals surface area contributed by atoms with E-state index in [1.54, 1.807) is 12.1 Å². The Balaban J connectivity index is 2.22. The number of urea groups is 1. The average Bonchev–Trinajstić information content (AvgIpc) is 2.27. The molecule has 0 radical (unpaired) electrons. The second-order valence-corrected chi connectivity index (χ2v) is 4.02. The van der Waals surface area contributed by atoms with Gasteiger partial charge < -0.3 is 21.5 Å². The second-order valence-electron chi connectivity index (χ2n) is 4.02. The van der Waals surface area contributed by atoms with E-state index >= 15 is 0 Å². The lowest BCUT2D eigenvalue weighted by Gasteiger charge is -2.13. The maximum Gasteiger partial charge on any atom is 0.312 e. The van der Waals surface area contributed by atoms with Gasteiger partial charge in [-0.3, -0.25) is 0 Å². The van der Waals surface area contributed by atoms with Crippen LogP contribution in [0, 0.1) is 0 Å². The Kier molecular flexibility index (Phi) is 5.29. The molecule has 1 rings (SSSR count). The third kappa shape index (κ3) is 5.77.